The molecule has 6 nitrogen and oxygen atoms in total. The Balaban J connectivity index is 1.64. The molecular weight excluding hydrogens is 420 g/mol. The van der Waals surface area contributed by atoms with E-state index in [9.17, 15) is 8.42 Å². The average molecular weight is 447 g/mol. The third-order valence-electron chi connectivity index (χ3n) is 4.82. The molecule has 2 aromatic carbocycles. The summed E-state index contributed by atoms with van der Waals surface area (Å²) in [4.78, 5) is 8.26. The van der Waals surface area contributed by atoms with Crippen molar-refractivity contribution in [1.29, 1.82) is 0 Å². The number of hydrogen-bond donors (Lipinski definition) is 3. The Bertz CT molecular complexity index is 1170. The molecule has 30 heavy (non-hydrogen) atoms. The van der Waals surface area contributed by atoms with Gasteiger partial charge in [-0.2, -0.15) is 0 Å². The van der Waals surface area contributed by atoms with Crippen LogP contribution in [0, 0.1) is 6.92 Å². The molecule has 8 heteroatoms. The zero-order chi connectivity index (χ0) is 21.7. The van der Waals surface area contributed by atoms with Crippen LogP contribution in [0.3, 0.4) is 0 Å². The smallest absolute Gasteiger partial charge is 0.191 e. The first kappa shape index (κ1) is 22.2. The van der Waals surface area contributed by atoms with Crippen LogP contribution in [0.4, 0.5) is 0 Å². The standard InChI is InChI=1S/C22H27ClN4O2S/c1-4-24-22(27-13-16-5-8-21(15(2)11-16)30(3,28)29)25-10-9-17-14-26-20-7-6-18(23)12-19(17)20/h5-8,11-12,14,26H,4,9-10,13H2,1-3H3,(H2,24,25,27). The lowest BCUT2D eigenvalue weighted by molar-refractivity contribution is 0.601. The number of benzene rings is 2. The van der Waals surface area contributed by atoms with E-state index in [-0.39, 0.29) is 0 Å². The lowest BCUT2D eigenvalue weighted by Crippen LogP contribution is -2.38. The van der Waals surface area contributed by atoms with Crippen molar-refractivity contribution < 1.29 is 8.42 Å². The minimum Gasteiger partial charge on any atom is -0.361 e. The topological polar surface area (TPSA) is 86.3 Å². The molecule has 3 N–H and O–H groups in total. The third kappa shape index (κ3) is 5.55. The van der Waals surface area contributed by atoms with E-state index >= 15 is 0 Å². The second-order valence-electron chi connectivity index (χ2n) is 7.25. The summed E-state index contributed by atoms with van der Waals surface area (Å²) in [5, 5.41) is 8.46. The number of halogens is 1. The number of nitrogens with one attached hydrogen (secondary N) is 3. The van der Waals surface area contributed by atoms with E-state index in [2.05, 4.69) is 20.6 Å². The quantitative estimate of drug-likeness (QED) is 0.380. The molecule has 0 unspecified atom stereocenters. The number of aromatic amines is 1. The second-order valence-corrected chi connectivity index (χ2v) is 9.67. The summed E-state index contributed by atoms with van der Waals surface area (Å²) in [5.41, 5.74) is 3.97. The molecule has 0 spiro atoms. The van der Waals surface area contributed by atoms with Crippen LogP contribution in [-0.2, 0) is 22.8 Å². The molecule has 160 valence electrons. The number of aliphatic imine (C=N–C) groups is 1. The van der Waals surface area contributed by atoms with Crippen LogP contribution in [0.25, 0.3) is 10.9 Å². The molecule has 0 fully saturated rings. The summed E-state index contributed by atoms with van der Waals surface area (Å²) >= 11 is 6.13. The summed E-state index contributed by atoms with van der Waals surface area (Å²) in [6, 6.07) is 11.2. The predicted molar refractivity (Wildman–Crippen MR) is 124 cm³/mol. The lowest BCUT2D eigenvalue weighted by atomic mass is 10.1. The fourth-order valence-electron chi connectivity index (χ4n) is 3.41. The predicted octanol–water partition coefficient (Wildman–Crippen LogP) is 3.83. The van der Waals surface area contributed by atoms with Gasteiger partial charge in [0.25, 0.3) is 0 Å². The van der Waals surface area contributed by atoms with E-state index in [1.807, 2.05) is 43.5 Å². The van der Waals surface area contributed by atoms with Gasteiger partial charge < -0.3 is 15.6 Å². The maximum absolute atomic E-state index is 11.8. The van der Waals surface area contributed by atoms with Crippen LogP contribution >= 0.6 is 11.6 Å². The van der Waals surface area contributed by atoms with E-state index in [1.54, 1.807) is 13.0 Å². The monoisotopic (exact) mass is 446 g/mol. The summed E-state index contributed by atoms with van der Waals surface area (Å²) in [6.45, 7) is 5.76. The Morgan fingerprint density at radius 2 is 1.97 bits per heavy atom. The molecule has 0 saturated heterocycles. The number of H-pyrrole nitrogens is 1. The van der Waals surface area contributed by atoms with Gasteiger partial charge in [-0.05, 0) is 61.2 Å². The van der Waals surface area contributed by atoms with Gasteiger partial charge in [0.2, 0.25) is 0 Å². The van der Waals surface area contributed by atoms with Crippen molar-refractivity contribution in [2.75, 3.05) is 19.3 Å². The van der Waals surface area contributed by atoms with Crippen LogP contribution in [0.15, 0.2) is 52.5 Å². The van der Waals surface area contributed by atoms with Crippen LogP contribution in [0.1, 0.15) is 23.6 Å². The fraction of sp³-hybridized carbons (Fsp3) is 0.318. The minimum absolute atomic E-state index is 0.360. The van der Waals surface area contributed by atoms with Crippen molar-refractivity contribution in [1.82, 2.24) is 15.6 Å². The SMILES string of the molecule is CCNC(=NCc1ccc(S(C)(=O)=O)c(C)c1)NCCc1c[nH]c2ccc(Cl)cc12. The first-order chi connectivity index (χ1) is 14.3. The number of aryl methyl sites for hydroxylation is 1. The first-order valence-corrected chi connectivity index (χ1v) is 12.1. The minimum atomic E-state index is -3.21. The Labute approximate surface area is 182 Å². The highest BCUT2D eigenvalue weighted by Gasteiger charge is 2.11. The Kier molecular flexibility index (Phi) is 7.05. The van der Waals surface area contributed by atoms with Gasteiger partial charge in [-0.1, -0.05) is 23.7 Å². The van der Waals surface area contributed by atoms with Crippen molar-refractivity contribution in [3.63, 3.8) is 0 Å². The number of nitrogens with zero attached hydrogens (tertiary/aromatic N) is 1. The number of sulfone groups is 1. The number of aromatic nitrogens is 1. The molecule has 0 aliphatic rings. The van der Waals surface area contributed by atoms with Crippen molar-refractivity contribution in [2.24, 2.45) is 4.99 Å². The third-order valence-corrected chi connectivity index (χ3v) is 6.31. The first-order valence-electron chi connectivity index (χ1n) is 9.85. The molecule has 1 aromatic heterocycles. The van der Waals surface area contributed by atoms with Gasteiger partial charge in [0, 0.05) is 41.5 Å². The van der Waals surface area contributed by atoms with Crippen molar-refractivity contribution in [2.45, 2.75) is 31.7 Å². The molecule has 3 rings (SSSR count). The van der Waals surface area contributed by atoms with Gasteiger partial charge in [0.15, 0.2) is 15.8 Å². The molecule has 1 heterocycles. The summed E-state index contributed by atoms with van der Waals surface area (Å²) in [7, 11) is -3.21. The maximum atomic E-state index is 11.8. The maximum Gasteiger partial charge on any atom is 0.191 e. The van der Waals surface area contributed by atoms with Crippen LogP contribution < -0.4 is 10.6 Å². The van der Waals surface area contributed by atoms with Crippen LogP contribution in [0.2, 0.25) is 5.02 Å². The molecule has 0 saturated carbocycles. The van der Waals surface area contributed by atoms with Gasteiger partial charge in [-0.25, -0.2) is 13.4 Å². The summed E-state index contributed by atoms with van der Waals surface area (Å²) in [6.07, 6.45) is 4.06. The highest BCUT2D eigenvalue weighted by molar-refractivity contribution is 7.90. The summed E-state index contributed by atoms with van der Waals surface area (Å²) in [5.74, 6) is 0.722. The highest BCUT2D eigenvalue weighted by atomic mass is 35.5. The van der Waals surface area contributed by atoms with E-state index in [4.69, 9.17) is 11.6 Å². The number of rotatable bonds is 7. The number of guanidine groups is 1. The van der Waals surface area contributed by atoms with Crippen molar-refractivity contribution in [3.05, 3.63) is 64.3 Å². The molecule has 0 atom stereocenters. The number of fused-ring (bicyclic) bond motifs is 1. The zero-order valence-corrected chi connectivity index (χ0v) is 19.0. The van der Waals surface area contributed by atoms with E-state index in [1.165, 1.54) is 11.8 Å². The van der Waals surface area contributed by atoms with E-state index in [0.717, 1.165) is 52.5 Å². The molecule has 0 bridgehead atoms. The van der Waals surface area contributed by atoms with Gasteiger partial charge in [-0.15, -0.1) is 0 Å². The lowest BCUT2D eigenvalue weighted by Gasteiger charge is -2.12. The molecule has 0 amide bonds. The largest absolute Gasteiger partial charge is 0.361 e. The molecular formula is C22H27ClN4O2S. The normalized spacial score (nSPS) is 12.3. The Hall–Kier alpha value is -2.51. The van der Waals surface area contributed by atoms with Gasteiger partial charge in [-0.3, -0.25) is 0 Å². The van der Waals surface area contributed by atoms with Crippen molar-refractivity contribution >= 4 is 38.3 Å². The summed E-state index contributed by atoms with van der Waals surface area (Å²) < 4.78 is 23.6. The van der Waals surface area contributed by atoms with Crippen LogP contribution in [-0.4, -0.2) is 38.7 Å². The Morgan fingerprint density at radius 1 is 1.17 bits per heavy atom. The van der Waals surface area contributed by atoms with E-state index < -0.39 is 9.84 Å². The van der Waals surface area contributed by atoms with Gasteiger partial charge in [0.1, 0.15) is 0 Å². The fourth-order valence-corrected chi connectivity index (χ4v) is 4.54. The van der Waals surface area contributed by atoms with Crippen LogP contribution in [0.5, 0.6) is 0 Å². The van der Waals surface area contributed by atoms with E-state index in [0.29, 0.717) is 11.4 Å². The molecule has 0 radical (unpaired) electrons. The van der Waals surface area contributed by atoms with Gasteiger partial charge in [0.05, 0.1) is 11.4 Å². The molecule has 0 aliphatic carbocycles. The average Bonchev–Trinajstić information content (AvgIpc) is 3.07. The van der Waals surface area contributed by atoms with Crippen molar-refractivity contribution in [3.8, 4) is 0 Å². The molecule has 3 aromatic rings. The number of hydrogen-bond acceptors (Lipinski definition) is 3. The Morgan fingerprint density at radius 3 is 2.67 bits per heavy atom. The van der Waals surface area contributed by atoms with Gasteiger partial charge >= 0.3 is 0 Å². The second kappa shape index (κ2) is 9.53. The highest BCUT2D eigenvalue weighted by Crippen LogP contribution is 2.22. The zero-order valence-electron chi connectivity index (χ0n) is 17.4. The molecule has 0 aliphatic heterocycles.